The molecule has 0 fully saturated rings. The summed E-state index contributed by atoms with van der Waals surface area (Å²) in [5.41, 5.74) is 1.33. The number of rotatable bonds is 4. The zero-order valence-electron chi connectivity index (χ0n) is 7.22. The van der Waals surface area contributed by atoms with Gasteiger partial charge in [0.2, 0.25) is 0 Å². The van der Waals surface area contributed by atoms with E-state index in [1.807, 2.05) is 19.3 Å². The van der Waals surface area contributed by atoms with Gasteiger partial charge in [0.05, 0.1) is 0 Å². The third-order valence-electron chi connectivity index (χ3n) is 2.00. The van der Waals surface area contributed by atoms with E-state index in [0.717, 1.165) is 6.42 Å². The van der Waals surface area contributed by atoms with Crippen LogP contribution in [0.25, 0.3) is 0 Å². The summed E-state index contributed by atoms with van der Waals surface area (Å²) >= 11 is 0. The molecule has 2 N–H and O–H groups in total. The van der Waals surface area contributed by atoms with Gasteiger partial charge >= 0.3 is 0 Å². The molecule has 2 nitrogen and oxygen atoms in total. The van der Waals surface area contributed by atoms with Crippen LogP contribution in [0.3, 0.4) is 0 Å². The van der Waals surface area contributed by atoms with Gasteiger partial charge in [-0.3, -0.25) is 0 Å². The lowest BCUT2D eigenvalue weighted by molar-refractivity contribution is 0.562. The quantitative estimate of drug-likeness (QED) is 0.673. The zero-order chi connectivity index (χ0) is 8.10. The van der Waals surface area contributed by atoms with Crippen LogP contribution in [-0.4, -0.2) is 18.1 Å². The summed E-state index contributed by atoms with van der Waals surface area (Å²) < 4.78 is 0. The van der Waals surface area contributed by atoms with E-state index in [1.165, 1.54) is 12.1 Å². The number of hydrogen-bond acceptors (Lipinski definition) is 1. The molecule has 0 aliphatic rings. The van der Waals surface area contributed by atoms with Gasteiger partial charge in [-0.2, -0.15) is 0 Å². The van der Waals surface area contributed by atoms with Gasteiger partial charge in [0.1, 0.15) is 0 Å². The summed E-state index contributed by atoms with van der Waals surface area (Å²) in [6.45, 7) is 2.20. The molecule has 0 amide bonds. The maximum Gasteiger partial charge on any atom is 0.0147 e. The fraction of sp³-hybridized carbons (Fsp3) is 0.556. The van der Waals surface area contributed by atoms with E-state index < -0.39 is 0 Å². The van der Waals surface area contributed by atoms with E-state index in [1.54, 1.807) is 0 Å². The molecular weight excluding hydrogens is 136 g/mol. The van der Waals surface area contributed by atoms with E-state index in [9.17, 15) is 0 Å². The van der Waals surface area contributed by atoms with Crippen molar-refractivity contribution in [2.75, 3.05) is 7.05 Å². The monoisotopic (exact) mass is 152 g/mol. The average Bonchev–Trinajstić information content (AvgIpc) is 2.52. The minimum Gasteiger partial charge on any atom is -0.365 e. The smallest absolute Gasteiger partial charge is 0.0147 e. The van der Waals surface area contributed by atoms with Gasteiger partial charge in [-0.05, 0) is 38.9 Å². The summed E-state index contributed by atoms with van der Waals surface area (Å²) in [4.78, 5) is 3.19. The first kappa shape index (κ1) is 8.34. The molecule has 0 saturated heterocycles. The Bertz CT molecular complexity index is 179. The van der Waals surface area contributed by atoms with Crippen LogP contribution in [-0.2, 0) is 6.42 Å². The molecule has 1 aromatic heterocycles. The first-order valence-corrected chi connectivity index (χ1v) is 4.12. The van der Waals surface area contributed by atoms with Crippen molar-refractivity contribution < 1.29 is 0 Å². The highest BCUT2D eigenvalue weighted by molar-refractivity contribution is 5.03. The van der Waals surface area contributed by atoms with Crippen molar-refractivity contribution >= 4 is 0 Å². The maximum absolute atomic E-state index is 3.21. The molecule has 1 rings (SSSR count). The number of H-pyrrole nitrogens is 1. The predicted octanol–water partition coefficient (Wildman–Crippen LogP) is 1.56. The van der Waals surface area contributed by atoms with Crippen molar-refractivity contribution in [1.82, 2.24) is 10.3 Å². The molecule has 11 heavy (non-hydrogen) atoms. The van der Waals surface area contributed by atoms with Crippen molar-refractivity contribution in [2.24, 2.45) is 0 Å². The van der Waals surface area contributed by atoms with Crippen LogP contribution in [0.5, 0.6) is 0 Å². The number of nitrogens with one attached hydrogen (secondary N) is 2. The van der Waals surface area contributed by atoms with Gasteiger partial charge in [-0.25, -0.2) is 0 Å². The zero-order valence-corrected chi connectivity index (χ0v) is 7.22. The van der Waals surface area contributed by atoms with E-state index in [-0.39, 0.29) is 0 Å². The van der Waals surface area contributed by atoms with Crippen LogP contribution >= 0.6 is 0 Å². The molecule has 1 atom stereocenters. The third-order valence-corrected chi connectivity index (χ3v) is 2.00. The van der Waals surface area contributed by atoms with Gasteiger partial charge in [-0.15, -0.1) is 0 Å². The topological polar surface area (TPSA) is 27.8 Å². The van der Waals surface area contributed by atoms with E-state index >= 15 is 0 Å². The maximum atomic E-state index is 3.21. The number of aromatic amines is 1. The normalized spacial score (nSPS) is 13.3. The standard InChI is InChI=1S/C9H16N2/c1-8(10-2)5-6-9-4-3-7-11-9/h3-4,7-8,10-11H,5-6H2,1-2H3. The molecule has 1 unspecified atom stereocenters. The van der Waals surface area contributed by atoms with Gasteiger partial charge in [0, 0.05) is 17.9 Å². The van der Waals surface area contributed by atoms with Crippen LogP contribution in [0.2, 0.25) is 0 Å². The number of aromatic nitrogens is 1. The molecule has 2 heteroatoms. The van der Waals surface area contributed by atoms with Crippen LogP contribution in [0.4, 0.5) is 0 Å². The number of hydrogen-bond donors (Lipinski definition) is 2. The Balaban J connectivity index is 2.23. The van der Waals surface area contributed by atoms with Crippen LogP contribution in [0.1, 0.15) is 19.0 Å². The Morgan fingerprint density at radius 1 is 1.64 bits per heavy atom. The molecule has 62 valence electrons. The highest BCUT2D eigenvalue weighted by atomic mass is 14.8. The Kier molecular flexibility index (Phi) is 3.17. The van der Waals surface area contributed by atoms with Gasteiger partial charge < -0.3 is 10.3 Å². The summed E-state index contributed by atoms with van der Waals surface area (Å²) in [7, 11) is 2.00. The van der Waals surface area contributed by atoms with Gasteiger partial charge in [-0.1, -0.05) is 0 Å². The van der Waals surface area contributed by atoms with Crippen molar-refractivity contribution in [1.29, 1.82) is 0 Å². The molecule has 0 radical (unpaired) electrons. The third kappa shape index (κ3) is 2.76. The minimum absolute atomic E-state index is 0.610. The molecule has 0 bridgehead atoms. The molecule has 0 aliphatic heterocycles. The largest absolute Gasteiger partial charge is 0.365 e. The van der Waals surface area contributed by atoms with Crippen molar-refractivity contribution in [3.8, 4) is 0 Å². The molecule has 0 aliphatic carbocycles. The highest BCUT2D eigenvalue weighted by Gasteiger charge is 1.98. The van der Waals surface area contributed by atoms with Crippen LogP contribution < -0.4 is 5.32 Å². The van der Waals surface area contributed by atoms with Gasteiger partial charge in [0.15, 0.2) is 0 Å². The van der Waals surface area contributed by atoms with E-state index in [2.05, 4.69) is 23.3 Å². The molecule has 1 aromatic rings. The first-order chi connectivity index (χ1) is 5.33. The molecule has 0 spiro atoms. The molecule has 0 saturated carbocycles. The van der Waals surface area contributed by atoms with Crippen LogP contribution in [0.15, 0.2) is 18.3 Å². The lowest BCUT2D eigenvalue weighted by Crippen LogP contribution is -2.21. The Labute approximate surface area is 68.0 Å². The SMILES string of the molecule is CNC(C)CCc1ccc[nH]1. The Morgan fingerprint density at radius 2 is 2.45 bits per heavy atom. The van der Waals surface area contributed by atoms with Crippen LogP contribution in [0, 0.1) is 0 Å². The second kappa shape index (κ2) is 4.19. The number of aryl methyl sites for hydroxylation is 1. The minimum atomic E-state index is 0.610. The fourth-order valence-electron chi connectivity index (χ4n) is 1.04. The Hall–Kier alpha value is -0.760. The van der Waals surface area contributed by atoms with Crippen molar-refractivity contribution in [3.63, 3.8) is 0 Å². The molecule has 1 heterocycles. The lowest BCUT2D eigenvalue weighted by atomic mass is 10.1. The summed E-state index contributed by atoms with van der Waals surface area (Å²) in [6.07, 6.45) is 4.30. The second-order valence-corrected chi connectivity index (χ2v) is 2.92. The summed E-state index contributed by atoms with van der Waals surface area (Å²) in [6, 6.07) is 4.78. The molecular formula is C9H16N2. The lowest BCUT2D eigenvalue weighted by Gasteiger charge is -2.07. The highest BCUT2D eigenvalue weighted by Crippen LogP contribution is 2.01. The van der Waals surface area contributed by atoms with Crippen molar-refractivity contribution in [2.45, 2.75) is 25.8 Å². The fourth-order valence-corrected chi connectivity index (χ4v) is 1.04. The van der Waals surface area contributed by atoms with Crippen molar-refractivity contribution in [3.05, 3.63) is 24.0 Å². The van der Waals surface area contributed by atoms with E-state index in [0.29, 0.717) is 6.04 Å². The summed E-state index contributed by atoms with van der Waals surface area (Å²) in [5, 5.41) is 3.21. The Morgan fingerprint density at radius 3 is 3.00 bits per heavy atom. The predicted molar refractivity (Wildman–Crippen MR) is 47.6 cm³/mol. The molecule has 0 aromatic carbocycles. The van der Waals surface area contributed by atoms with Gasteiger partial charge in [0.25, 0.3) is 0 Å². The first-order valence-electron chi connectivity index (χ1n) is 4.12. The summed E-state index contributed by atoms with van der Waals surface area (Å²) in [5.74, 6) is 0. The second-order valence-electron chi connectivity index (χ2n) is 2.92. The van der Waals surface area contributed by atoms with E-state index in [4.69, 9.17) is 0 Å². The average molecular weight is 152 g/mol.